The molecule has 3 rings (SSSR count). The second-order valence-corrected chi connectivity index (χ2v) is 8.35. The van der Waals surface area contributed by atoms with E-state index >= 15 is 0 Å². The molecule has 1 N–H and O–H groups in total. The summed E-state index contributed by atoms with van der Waals surface area (Å²) < 4.78 is 96.6. The zero-order valence-electron chi connectivity index (χ0n) is 16.0. The maximum absolute atomic E-state index is 14.1. The fourth-order valence-corrected chi connectivity index (χ4v) is 4.04. The van der Waals surface area contributed by atoms with E-state index in [1.807, 2.05) is 0 Å². The van der Waals surface area contributed by atoms with Crippen molar-refractivity contribution in [1.82, 2.24) is 5.09 Å². The van der Waals surface area contributed by atoms with Crippen molar-refractivity contribution in [2.75, 3.05) is 0 Å². The first-order valence-corrected chi connectivity index (χ1v) is 10.7. The summed E-state index contributed by atoms with van der Waals surface area (Å²) in [5.74, 6) is -14.5. The van der Waals surface area contributed by atoms with E-state index in [0.29, 0.717) is 12.8 Å². The fraction of sp³-hybridized carbons (Fsp3) is 0.316. The van der Waals surface area contributed by atoms with Crippen molar-refractivity contribution in [1.29, 1.82) is 0 Å². The van der Waals surface area contributed by atoms with Crippen LogP contribution >= 0.6 is 7.75 Å². The summed E-state index contributed by atoms with van der Waals surface area (Å²) in [5, 5.41) is 2.12. The third-order valence-electron chi connectivity index (χ3n) is 4.39. The summed E-state index contributed by atoms with van der Waals surface area (Å²) >= 11 is 0. The summed E-state index contributed by atoms with van der Waals surface area (Å²) in [5.41, 5.74) is 0. The van der Waals surface area contributed by atoms with Gasteiger partial charge in [-0.25, -0.2) is 17.7 Å². The van der Waals surface area contributed by atoms with Gasteiger partial charge in [0.15, 0.2) is 0 Å². The van der Waals surface area contributed by atoms with Crippen molar-refractivity contribution in [3.8, 4) is 11.5 Å². The van der Waals surface area contributed by atoms with Crippen molar-refractivity contribution in [2.45, 2.75) is 38.3 Å². The van der Waals surface area contributed by atoms with Gasteiger partial charge in [-0.1, -0.05) is 18.2 Å². The summed E-state index contributed by atoms with van der Waals surface area (Å²) in [6.45, 7) is 1.21. The number of hydrogen-bond acceptors (Lipinski definition) is 5. The lowest BCUT2D eigenvalue weighted by Gasteiger charge is -2.28. The third kappa shape index (κ3) is 5.16. The first kappa shape index (κ1) is 23.0. The van der Waals surface area contributed by atoms with Crippen molar-refractivity contribution in [2.24, 2.45) is 0 Å². The molecule has 0 bridgehead atoms. The predicted molar refractivity (Wildman–Crippen MR) is 97.9 cm³/mol. The van der Waals surface area contributed by atoms with Crippen LogP contribution < -0.4 is 14.1 Å². The van der Waals surface area contributed by atoms with Crippen LogP contribution in [0.3, 0.4) is 0 Å². The molecule has 168 valence electrons. The Morgan fingerprint density at radius 3 is 2.03 bits per heavy atom. The molecule has 6 nitrogen and oxygen atoms in total. The van der Waals surface area contributed by atoms with Crippen molar-refractivity contribution in [3.05, 3.63) is 59.4 Å². The third-order valence-corrected chi connectivity index (χ3v) is 5.97. The van der Waals surface area contributed by atoms with Crippen LogP contribution in [0, 0.1) is 29.1 Å². The highest BCUT2D eigenvalue weighted by Gasteiger charge is 2.39. The molecule has 1 unspecified atom stereocenters. The maximum atomic E-state index is 14.1. The quantitative estimate of drug-likeness (QED) is 0.194. The second-order valence-electron chi connectivity index (χ2n) is 6.73. The number of nitrogens with one attached hydrogen (secondary N) is 1. The molecule has 0 saturated heterocycles. The van der Waals surface area contributed by atoms with E-state index in [0.717, 1.165) is 6.42 Å². The Labute approximate surface area is 173 Å². The van der Waals surface area contributed by atoms with E-state index < -0.39 is 54.6 Å². The van der Waals surface area contributed by atoms with Gasteiger partial charge in [-0.2, -0.15) is 13.9 Å². The minimum atomic E-state index is -4.90. The van der Waals surface area contributed by atoms with Gasteiger partial charge in [-0.05, 0) is 38.3 Å². The molecular formula is C19H17F5NO5P. The van der Waals surface area contributed by atoms with Crippen LogP contribution in [0.2, 0.25) is 0 Å². The van der Waals surface area contributed by atoms with Crippen LogP contribution in [-0.4, -0.2) is 18.1 Å². The number of hydrogen-bond donors (Lipinski definition) is 1. The lowest BCUT2D eigenvalue weighted by molar-refractivity contribution is -0.154. The molecule has 1 saturated carbocycles. The molecule has 31 heavy (non-hydrogen) atoms. The Bertz CT molecular complexity index is 989. The molecule has 2 aromatic rings. The van der Waals surface area contributed by atoms with Crippen LogP contribution in [0.4, 0.5) is 22.0 Å². The number of carbonyl (C=O) groups is 1. The Morgan fingerprint density at radius 1 is 0.968 bits per heavy atom. The average Bonchev–Trinajstić information content (AvgIpc) is 2.71. The van der Waals surface area contributed by atoms with Gasteiger partial charge in [0, 0.05) is 0 Å². The van der Waals surface area contributed by atoms with Gasteiger partial charge in [0.05, 0.1) is 0 Å². The fourth-order valence-electron chi connectivity index (χ4n) is 2.52. The maximum Gasteiger partial charge on any atom is 0.513 e. The van der Waals surface area contributed by atoms with Crippen LogP contribution in [0.5, 0.6) is 11.5 Å². The number of rotatable bonds is 8. The van der Waals surface area contributed by atoms with Gasteiger partial charge in [0.25, 0.3) is 0 Å². The van der Waals surface area contributed by atoms with E-state index in [1.54, 1.807) is 6.07 Å². The smallest absolute Gasteiger partial charge is 0.461 e. The SMILES string of the molecule is C[C@H](NP(=O)(Oc1ccccc1)Oc1c(F)c(F)c(F)c(F)c1F)C(=O)OC1CCC1. The van der Waals surface area contributed by atoms with Gasteiger partial charge in [-0.3, -0.25) is 4.79 Å². The molecule has 1 aliphatic rings. The molecule has 2 aromatic carbocycles. The first-order valence-electron chi connectivity index (χ1n) is 9.15. The molecule has 0 radical (unpaired) electrons. The second kappa shape index (κ2) is 9.23. The van der Waals surface area contributed by atoms with Crippen molar-refractivity contribution >= 4 is 13.7 Å². The molecule has 0 amide bonds. The number of halogens is 5. The molecular weight excluding hydrogens is 448 g/mol. The largest absolute Gasteiger partial charge is 0.513 e. The number of para-hydroxylation sites is 1. The molecule has 0 heterocycles. The molecule has 1 aliphatic carbocycles. The van der Waals surface area contributed by atoms with E-state index in [9.17, 15) is 31.3 Å². The van der Waals surface area contributed by atoms with E-state index in [4.69, 9.17) is 9.26 Å². The summed E-state index contributed by atoms with van der Waals surface area (Å²) in [6, 6.07) is 5.74. The van der Waals surface area contributed by atoms with Gasteiger partial charge in [0.2, 0.25) is 34.8 Å². The van der Waals surface area contributed by atoms with Gasteiger partial charge < -0.3 is 13.8 Å². The Hall–Kier alpha value is -2.65. The van der Waals surface area contributed by atoms with Crippen LogP contribution in [0.1, 0.15) is 26.2 Å². The van der Waals surface area contributed by atoms with Gasteiger partial charge >= 0.3 is 13.7 Å². The van der Waals surface area contributed by atoms with Crippen LogP contribution in [0.15, 0.2) is 30.3 Å². The average molecular weight is 465 g/mol. The standard InChI is InChI=1S/C19H17F5NO5P/c1-10(19(26)28-11-8-5-9-11)25-31(27,29-12-6-3-2-4-7-12)30-18-16(23)14(21)13(20)15(22)17(18)24/h2-4,6-7,10-11H,5,8-9H2,1H3,(H,25,27)/t10-,31?/m0/s1. The van der Waals surface area contributed by atoms with Crippen LogP contribution in [-0.2, 0) is 14.1 Å². The van der Waals surface area contributed by atoms with Crippen molar-refractivity contribution in [3.63, 3.8) is 0 Å². The zero-order chi connectivity index (χ0) is 22.8. The Balaban J connectivity index is 1.91. The highest BCUT2D eigenvalue weighted by molar-refractivity contribution is 7.52. The summed E-state index contributed by atoms with van der Waals surface area (Å²) in [6.07, 6.45) is 1.86. The molecule has 0 aromatic heterocycles. The number of carbonyl (C=O) groups excluding carboxylic acids is 1. The Morgan fingerprint density at radius 2 is 1.52 bits per heavy atom. The summed E-state index contributed by atoms with van der Waals surface area (Å²) in [4.78, 5) is 12.2. The van der Waals surface area contributed by atoms with Gasteiger partial charge in [-0.15, -0.1) is 0 Å². The van der Waals surface area contributed by atoms with E-state index in [-0.39, 0.29) is 11.9 Å². The van der Waals surface area contributed by atoms with Gasteiger partial charge in [0.1, 0.15) is 17.9 Å². The summed E-state index contributed by atoms with van der Waals surface area (Å²) in [7, 11) is -4.90. The van der Waals surface area contributed by atoms with Crippen LogP contribution in [0.25, 0.3) is 0 Å². The van der Waals surface area contributed by atoms with Crippen molar-refractivity contribution < 1.29 is 45.1 Å². The first-order chi connectivity index (χ1) is 14.6. The lowest BCUT2D eigenvalue weighted by atomic mass is 9.96. The molecule has 0 aliphatic heterocycles. The number of ether oxygens (including phenoxy) is 1. The van der Waals surface area contributed by atoms with E-state index in [1.165, 1.54) is 31.2 Å². The molecule has 0 spiro atoms. The zero-order valence-corrected chi connectivity index (χ0v) is 16.9. The molecule has 2 atom stereocenters. The highest BCUT2D eigenvalue weighted by Crippen LogP contribution is 2.47. The number of esters is 1. The topological polar surface area (TPSA) is 73.9 Å². The number of benzene rings is 2. The molecule has 12 heteroatoms. The predicted octanol–water partition coefficient (Wildman–Crippen LogP) is 5.02. The monoisotopic (exact) mass is 465 g/mol. The highest BCUT2D eigenvalue weighted by atomic mass is 31.2. The molecule has 1 fully saturated rings. The minimum absolute atomic E-state index is 0.123. The normalized spacial score (nSPS) is 16.7. The Kier molecular flexibility index (Phi) is 6.86. The lowest BCUT2D eigenvalue weighted by Crippen LogP contribution is -2.39. The van der Waals surface area contributed by atoms with E-state index in [2.05, 4.69) is 9.61 Å². The minimum Gasteiger partial charge on any atom is -0.461 e.